The van der Waals surface area contributed by atoms with E-state index in [1.807, 2.05) is 13.8 Å². The van der Waals surface area contributed by atoms with Crippen molar-refractivity contribution >= 4 is 17.3 Å². The highest BCUT2D eigenvalue weighted by molar-refractivity contribution is 7.74. The fraction of sp³-hybridized carbons (Fsp3) is 0.833. The molecule has 4 nitrogen and oxygen atoms in total. The maximum atomic E-state index is 10.8. The molecule has 0 saturated carbocycles. The molecule has 0 rings (SSSR count). The summed E-state index contributed by atoms with van der Waals surface area (Å²) in [5.74, 6) is -0.993. The Morgan fingerprint density at radius 1 is 1.45 bits per heavy atom. The second-order valence-corrected chi connectivity index (χ2v) is 3.21. The van der Waals surface area contributed by atoms with Crippen LogP contribution >= 0.6 is 0 Å². The van der Waals surface area contributed by atoms with Crippen molar-refractivity contribution in [2.75, 3.05) is 0 Å². The van der Waals surface area contributed by atoms with Crippen LogP contribution in [-0.4, -0.2) is 14.7 Å². The molecule has 0 spiro atoms. The fourth-order valence-corrected chi connectivity index (χ4v) is 0.701. The quantitative estimate of drug-likeness (QED) is 0.595. The minimum atomic E-state index is -2.73. The van der Waals surface area contributed by atoms with Crippen molar-refractivity contribution in [1.29, 1.82) is 0 Å². The topological polar surface area (TPSA) is 66.4 Å². The Bertz CT molecular complexity index is 166. The summed E-state index contributed by atoms with van der Waals surface area (Å²) >= 11 is -2.73. The number of hydrogen-bond acceptors (Lipinski definition) is 4. The maximum absolute atomic E-state index is 10.8. The maximum Gasteiger partial charge on any atom is 0.322 e. The standard InChI is InChI=1S/C6H12O4S/c1-4(2)5(3)6(7)10-11(8)9/h4-5H,1-3H3,(H,8,9)/p-1. The highest BCUT2D eigenvalue weighted by atomic mass is 32.2. The Kier molecular flexibility index (Phi) is 4.29. The van der Waals surface area contributed by atoms with Crippen molar-refractivity contribution in [3.8, 4) is 0 Å². The van der Waals surface area contributed by atoms with Crippen molar-refractivity contribution in [1.82, 2.24) is 0 Å². The molecule has 0 radical (unpaired) electrons. The van der Waals surface area contributed by atoms with Gasteiger partial charge in [0.1, 0.15) is 11.4 Å². The largest absolute Gasteiger partial charge is 0.740 e. The van der Waals surface area contributed by atoms with Gasteiger partial charge in [0.25, 0.3) is 0 Å². The fourth-order valence-electron chi connectivity index (χ4n) is 0.415. The van der Waals surface area contributed by atoms with E-state index in [1.165, 1.54) is 0 Å². The first-order chi connectivity index (χ1) is 4.95. The molecular weight excluding hydrogens is 168 g/mol. The van der Waals surface area contributed by atoms with Gasteiger partial charge < -0.3 is 8.74 Å². The van der Waals surface area contributed by atoms with E-state index >= 15 is 0 Å². The summed E-state index contributed by atoms with van der Waals surface area (Å²) in [6, 6.07) is 0. The zero-order valence-electron chi connectivity index (χ0n) is 6.70. The Labute approximate surface area is 68.4 Å². The van der Waals surface area contributed by atoms with Gasteiger partial charge in [0.2, 0.25) is 0 Å². The molecule has 0 aliphatic heterocycles. The molecule has 0 aromatic rings. The third kappa shape index (κ3) is 4.10. The molecule has 66 valence electrons. The summed E-state index contributed by atoms with van der Waals surface area (Å²) in [7, 11) is 0. The van der Waals surface area contributed by atoms with Crippen molar-refractivity contribution in [2.45, 2.75) is 20.8 Å². The predicted octanol–water partition coefficient (Wildman–Crippen LogP) is 0.616. The molecule has 5 heteroatoms. The number of rotatable bonds is 3. The zero-order chi connectivity index (χ0) is 9.02. The highest BCUT2D eigenvalue weighted by Gasteiger charge is 2.18. The first-order valence-electron chi connectivity index (χ1n) is 3.26. The first-order valence-corrected chi connectivity index (χ1v) is 4.26. The van der Waals surface area contributed by atoms with Crippen LogP contribution in [0.5, 0.6) is 0 Å². The first kappa shape index (κ1) is 10.6. The third-order valence-electron chi connectivity index (χ3n) is 1.52. The minimum Gasteiger partial charge on any atom is -0.740 e. The van der Waals surface area contributed by atoms with Crippen LogP contribution < -0.4 is 0 Å². The predicted molar refractivity (Wildman–Crippen MR) is 39.0 cm³/mol. The second kappa shape index (κ2) is 4.46. The summed E-state index contributed by atoms with van der Waals surface area (Å²) in [6.45, 7) is 5.26. The molecular formula is C6H11O4S-. The zero-order valence-corrected chi connectivity index (χ0v) is 7.51. The molecule has 0 N–H and O–H groups in total. The van der Waals surface area contributed by atoms with Crippen LogP contribution in [0.4, 0.5) is 0 Å². The lowest BCUT2D eigenvalue weighted by Gasteiger charge is -2.14. The van der Waals surface area contributed by atoms with Gasteiger partial charge in [0, 0.05) is 0 Å². The van der Waals surface area contributed by atoms with Crippen molar-refractivity contribution in [2.24, 2.45) is 11.8 Å². The van der Waals surface area contributed by atoms with E-state index in [9.17, 15) is 13.6 Å². The van der Waals surface area contributed by atoms with E-state index in [4.69, 9.17) is 0 Å². The molecule has 2 unspecified atom stereocenters. The summed E-state index contributed by atoms with van der Waals surface area (Å²) in [5, 5.41) is 0. The third-order valence-corrected chi connectivity index (χ3v) is 1.82. The van der Waals surface area contributed by atoms with E-state index in [0.29, 0.717) is 0 Å². The molecule has 11 heavy (non-hydrogen) atoms. The summed E-state index contributed by atoms with van der Waals surface area (Å²) in [4.78, 5) is 10.8. The van der Waals surface area contributed by atoms with E-state index < -0.39 is 17.3 Å². The lowest BCUT2D eigenvalue weighted by atomic mass is 9.99. The molecule has 2 atom stereocenters. The van der Waals surface area contributed by atoms with Crippen LogP contribution in [0, 0.1) is 11.8 Å². The van der Waals surface area contributed by atoms with Crippen LogP contribution in [-0.2, 0) is 20.3 Å². The van der Waals surface area contributed by atoms with Gasteiger partial charge in [-0.05, 0) is 5.92 Å². The van der Waals surface area contributed by atoms with Crippen LogP contribution in [0.15, 0.2) is 0 Å². The Morgan fingerprint density at radius 3 is 2.18 bits per heavy atom. The van der Waals surface area contributed by atoms with Gasteiger partial charge in [0.15, 0.2) is 0 Å². The van der Waals surface area contributed by atoms with E-state index in [2.05, 4.69) is 4.18 Å². The molecule has 0 heterocycles. The molecule has 0 aromatic heterocycles. The Hall–Kier alpha value is -0.420. The normalized spacial score (nSPS) is 16.1. The summed E-state index contributed by atoms with van der Waals surface area (Å²) in [6.07, 6.45) is 0. The summed E-state index contributed by atoms with van der Waals surface area (Å²) < 4.78 is 23.7. The van der Waals surface area contributed by atoms with Gasteiger partial charge in [0.05, 0.1) is 5.92 Å². The second-order valence-electron chi connectivity index (χ2n) is 2.64. The van der Waals surface area contributed by atoms with Gasteiger partial charge in [-0.3, -0.25) is 4.79 Å². The average Bonchev–Trinajstić information content (AvgIpc) is 1.84. The van der Waals surface area contributed by atoms with Crippen LogP contribution in [0.3, 0.4) is 0 Å². The molecule has 0 amide bonds. The van der Waals surface area contributed by atoms with Gasteiger partial charge in [-0.2, -0.15) is 0 Å². The lowest BCUT2D eigenvalue weighted by molar-refractivity contribution is -0.139. The SMILES string of the molecule is CC(C)C(C)C(=O)OS(=O)[O-]. The number of carbonyl (C=O) groups excluding carboxylic acids is 1. The van der Waals surface area contributed by atoms with Gasteiger partial charge in [-0.15, -0.1) is 0 Å². The molecule has 0 bridgehead atoms. The van der Waals surface area contributed by atoms with Crippen LogP contribution in [0.1, 0.15) is 20.8 Å². The van der Waals surface area contributed by atoms with Gasteiger partial charge in [-0.25, -0.2) is 4.21 Å². The van der Waals surface area contributed by atoms with Crippen LogP contribution in [0.25, 0.3) is 0 Å². The smallest absolute Gasteiger partial charge is 0.322 e. The van der Waals surface area contributed by atoms with Crippen LogP contribution in [0.2, 0.25) is 0 Å². The molecule has 0 aliphatic carbocycles. The van der Waals surface area contributed by atoms with E-state index in [-0.39, 0.29) is 11.8 Å². The number of hydrogen-bond donors (Lipinski definition) is 0. The highest BCUT2D eigenvalue weighted by Crippen LogP contribution is 2.11. The summed E-state index contributed by atoms with van der Waals surface area (Å²) in [5.41, 5.74) is 0. The van der Waals surface area contributed by atoms with Crippen molar-refractivity contribution < 1.29 is 17.7 Å². The van der Waals surface area contributed by atoms with Gasteiger partial charge >= 0.3 is 5.97 Å². The Morgan fingerprint density at radius 2 is 1.91 bits per heavy atom. The van der Waals surface area contributed by atoms with E-state index in [1.54, 1.807) is 6.92 Å². The van der Waals surface area contributed by atoms with Gasteiger partial charge in [-0.1, -0.05) is 20.8 Å². The minimum absolute atomic E-state index is 0.0889. The van der Waals surface area contributed by atoms with Crippen molar-refractivity contribution in [3.05, 3.63) is 0 Å². The molecule has 0 aromatic carbocycles. The lowest BCUT2D eigenvalue weighted by Crippen LogP contribution is -2.20. The molecule has 0 aliphatic rings. The number of carbonyl (C=O) groups is 1. The Balaban J connectivity index is 3.93. The average molecular weight is 179 g/mol. The van der Waals surface area contributed by atoms with E-state index in [0.717, 1.165) is 0 Å². The molecule has 0 saturated heterocycles. The monoisotopic (exact) mass is 179 g/mol. The van der Waals surface area contributed by atoms with Crippen molar-refractivity contribution in [3.63, 3.8) is 0 Å². The molecule has 0 fully saturated rings.